The van der Waals surface area contributed by atoms with Gasteiger partial charge in [0.05, 0.1) is 6.10 Å². The van der Waals surface area contributed by atoms with Gasteiger partial charge in [0.25, 0.3) is 0 Å². The smallest absolute Gasteiger partial charge is 0.374 e. The van der Waals surface area contributed by atoms with Gasteiger partial charge in [-0.15, -0.1) is 0 Å². The molecule has 0 saturated carbocycles. The van der Waals surface area contributed by atoms with Gasteiger partial charge in [0, 0.05) is 26.4 Å². The van der Waals surface area contributed by atoms with E-state index < -0.39 is 34.7 Å². The molecule has 1 atom stereocenters. The number of hydrogen-bond acceptors (Lipinski definition) is 3. The van der Waals surface area contributed by atoms with Crippen LogP contribution in [0.15, 0.2) is 11.3 Å². The summed E-state index contributed by atoms with van der Waals surface area (Å²) in [5.74, 6) is -1.41. The Kier molecular flexibility index (Phi) is 4.88. The number of halogens is 6. The van der Waals surface area contributed by atoms with Gasteiger partial charge in [0.1, 0.15) is 17.8 Å². The van der Waals surface area contributed by atoms with Crippen LogP contribution in [-0.4, -0.2) is 53.3 Å². The van der Waals surface area contributed by atoms with E-state index >= 15 is 0 Å². The lowest BCUT2D eigenvalue weighted by molar-refractivity contribution is -0.501. The first-order valence-electron chi connectivity index (χ1n) is 9.11. The number of ketones is 1. The summed E-state index contributed by atoms with van der Waals surface area (Å²) in [6, 6.07) is 0. The maximum Gasteiger partial charge on any atom is 0.446 e. The van der Waals surface area contributed by atoms with E-state index in [1.165, 1.54) is 11.5 Å². The Bertz CT molecular complexity index is 728. The molecule has 0 bridgehead atoms. The van der Waals surface area contributed by atoms with Crippen molar-refractivity contribution in [1.29, 1.82) is 0 Å². The van der Waals surface area contributed by atoms with Gasteiger partial charge in [-0.05, 0) is 18.3 Å². The number of amidine groups is 1. The Morgan fingerprint density at radius 3 is 2.25 bits per heavy atom. The van der Waals surface area contributed by atoms with E-state index in [1.807, 2.05) is 0 Å². The number of Topliss-reactive ketones (excluding diaryl/α,β-unsaturated/α-hetero) is 1. The van der Waals surface area contributed by atoms with E-state index in [0.29, 0.717) is 13.0 Å². The number of hydrogen-bond donors (Lipinski definition) is 1. The Morgan fingerprint density at radius 1 is 1.14 bits per heavy atom. The fourth-order valence-electron chi connectivity index (χ4n) is 4.37. The highest BCUT2D eigenvalue weighted by Gasteiger charge is 2.80. The summed E-state index contributed by atoms with van der Waals surface area (Å²) < 4.78 is 90.3. The van der Waals surface area contributed by atoms with Crippen molar-refractivity contribution in [3.8, 4) is 0 Å². The molecule has 0 spiro atoms. The van der Waals surface area contributed by atoms with Crippen LogP contribution in [0.5, 0.6) is 0 Å². The molecule has 0 aromatic rings. The number of rotatable bonds is 2. The molecule has 1 aliphatic carbocycles. The predicted octanol–water partition coefficient (Wildman–Crippen LogP) is 3.71. The first-order chi connectivity index (χ1) is 12.7. The molecule has 3 aliphatic rings. The molecule has 28 heavy (non-hydrogen) atoms. The minimum absolute atomic E-state index is 0.0618. The number of nitrogens with one attached hydrogen (secondary N) is 1. The van der Waals surface area contributed by atoms with Crippen LogP contribution >= 0.6 is 0 Å². The normalized spacial score (nSPS) is 27.8. The number of nitrogens with zero attached hydrogens (tertiary/aromatic N) is 1. The molecule has 2 aliphatic heterocycles. The van der Waals surface area contributed by atoms with E-state index in [1.54, 1.807) is 19.2 Å². The zero-order chi connectivity index (χ0) is 21.1. The van der Waals surface area contributed by atoms with Crippen molar-refractivity contribution in [3.05, 3.63) is 11.3 Å². The van der Waals surface area contributed by atoms with Gasteiger partial charge in [0.15, 0.2) is 5.78 Å². The Labute approximate surface area is 158 Å². The lowest BCUT2D eigenvalue weighted by Crippen LogP contribution is -2.73. The maximum absolute atomic E-state index is 13.9. The summed E-state index contributed by atoms with van der Waals surface area (Å²) in [4.78, 5) is 12.7. The van der Waals surface area contributed by atoms with E-state index in [4.69, 9.17) is 4.74 Å². The largest absolute Gasteiger partial charge is 0.446 e. The highest BCUT2D eigenvalue weighted by atomic mass is 19.4. The van der Waals surface area contributed by atoms with Crippen LogP contribution in [0.2, 0.25) is 0 Å². The molecule has 4 nitrogen and oxygen atoms in total. The minimum Gasteiger partial charge on any atom is -0.374 e. The molecule has 1 N–H and O–H groups in total. The van der Waals surface area contributed by atoms with Crippen LogP contribution in [-0.2, 0) is 9.53 Å². The molecular formula is C18H23F6N2O2+. The second-order valence-electron chi connectivity index (χ2n) is 8.46. The fraction of sp³-hybridized carbons (Fsp3) is 0.778. The number of allylic oxidation sites excluding steroid dienone is 1. The molecule has 0 radical (unpaired) electrons. The molecular weight excluding hydrogens is 390 g/mol. The number of ether oxygens (including phenoxy) is 1. The molecule has 1 fully saturated rings. The second-order valence-corrected chi connectivity index (χ2v) is 8.46. The predicted molar refractivity (Wildman–Crippen MR) is 87.8 cm³/mol. The Morgan fingerprint density at radius 2 is 1.75 bits per heavy atom. The zero-order valence-electron chi connectivity index (χ0n) is 15.9. The quantitative estimate of drug-likeness (QED) is 0.555. The molecule has 3 rings (SSSR count). The number of alkyl halides is 6. The van der Waals surface area contributed by atoms with Crippen molar-refractivity contribution in [1.82, 2.24) is 5.32 Å². The molecule has 0 unspecified atom stereocenters. The molecule has 0 aromatic carbocycles. The lowest BCUT2D eigenvalue weighted by Gasteiger charge is -2.43. The summed E-state index contributed by atoms with van der Waals surface area (Å²) in [6.07, 6.45) is -10.8. The van der Waals surface area contributed by atoms with Gasteiger partial charge in [-0.1, -0.05) is 13.8 Å². The molecule has 0 aromatic heterocycles. The SMILES string of the molecule is CC1=[N+](C[C@@H]2CCCO2)C2=C(C(=O)CC(C)(C)C2)C(C(F)(F)F)(C(F)(F)F)N1. The van der Waals surface area contributed by atoms with Crippen molar-refractivity contribution in [2.24, 2.45) is 5.41 Å². The fourth-order valence-corrected chi connectivity index (χ4v) is 4.37. The molecule has 1 saturated heterocycles. The summed E-state index contributed by atoms with van der Waals surface area (Å²) in [6.45, 7) is 5.11. The van der Waals surface area contributed by atoms with Gasteiger partial charge < -0.3 is 4.74 Å². The van der Waals surface area contributed by atoms with Gasteiger partial charge in [-0.3, -0.25) is 10.1 Å². The van der Waals surface area contributed by atoms with Crippen molar-refractivity contribution < 1.29 is 40.4 Å². The van der Waals surface area contributed by atoms with Gasteiger partial charge in [0.2, 0.25) is 5.84 Å². The van der Waals surface area contributed by atoms with Crippen molar-refractivity contribution in [2.45, 2.75) is 70.4 Å². The zero-order valence-corrected chi connectivity index (χ0v) is 15.9. The lowest BCUT2D eigenvalue weighted by atomic mass is 9.69. The van der Waals surface area contributed by atoms with Crippen LogP contribution in [0, 0.1) is 5.41 Å². The third-order valence-electron chi connectivity index (χ3n) is 5.59. The Balaban J connectivity index is 2.24. The summed E-state index contributed by atoms with van der Waals surface area (Å²) in [7, 11) is 0. The van der Waals surface area contributed by atoms with Gasteiger partial charge >= 0.3 is 17.9 Å². The van der Waals surface area contributed by atoms with E-state index in [-0.39, 0.29) is 37.0 Å². The molecule has 2 heterocycles. The summed E-state index contributed by atoms with van der Waals surface area (Å²) in [5.41, 5.74) is -6.58. The summed E-state index contributed by atoms with van der Waals surface area (Å²) >= 11 is 0. The van der Waals surface area contributed by atoms with Crippen LogP contribution < -0.4 is 5.32 Å². The Hall–Kier alpha value is -1.58. The molecule has 0 amide bonds. The third-order valence-corrected chi connectivity index (χ3v) is 5.59. The second kappa shape index (κ2) is 6.47. The monoisotopic (exact) mass is 413 g/mol. The van der Waals surface area contributed by atoms with E-state index in [2.05, 4.69) is 0 Å². The first kappa shape index (κ1) is 21.1. The number of carbonyl (C=O) groups is 1. The number of carbonyl (C=O) groups excluding carboxylic acids is 1. The summed E-state index contributed by atoms with van der Waals surface area (Å²) in [5, 5.41) is 1.65. The maximum atomic E-state index is 13.9. The van der Waals surface area contributed by atoms with Crippen LogP contribution in [0.25, 0.3) is 0 Å². The van der Waals surface area contributed by atoms with Crippen LogP contribution in [0.4, 0.5) is 26.3 Å². The first-order valence-corrected chi connectivity index (χ1v) is 9.11. The van der Waals surface area contributed by atoms with Crippen molar-refractivity contribution in [2.75, 3.05) is 13.2 Å². The van der Waals surface area contributed by atoms with E-state index in [9.17, 15) is 31.1 Å². The van der Waals surface area contributed by atoms with Crippen molar-refractivity contribution in [3.63, 3.8) is 0 Å². The highest BCUT2D eigenvalue weighted by molar-refractivity contribution is 6.01. The van der Waals surface area contributed by atoms with E-state index in [0.717, 1.165) is 6.42 Å². The van der Waals surface area contributed by atoms with Gasteiger partial charge in [-0.25, -0.2) is 4.58 Å². The topological polar surface area (TPSA) is 41.3 Å². The van der Waals surface area contributed by atoms with Crippen LogP contribution in [0.3, 0.4) is 0 Å². The minimum atomic E-state index is -5.74. The van der Waals surface area contributed by atoms with Gasteiger partial charge in [-0.2, -0.15) is 26.3 Å². The standard InChI is InChI=1S/C18H22F6N2O2/c1-10-25-16(17(19,20)21,18(22,23)24)14-12(7-15(2,3)8-13(14)27)26(10)9-11-5-4-6-28-11/h11H,4-9H2,1-3H3/p+1/t11-/m0/s1. The molecule has 10 heteroatoms. The van der Waals surface area contributed by atoms with Crippen molar-refractivity contribution >= 4 is 11.6 Å². The molecule has 158 valence electrons. The highest BCUT2D eigenvalue weighted by Crippen LogP contribution is 2.53. The third kappa shape index (κ3) is 3.23. The average molecular weight is 413 g/mol. The average Bonchev–Trinajstić information content (AvgIpc) is 2.99. The van der Waals surface area contributed by atoms with Crippen LogP contribution in [0.1, 0.15) is 46.5 Å².